The van der Waals surface area contributed by atoms with E-state index in [1.54, 1.807) is 0 Å². The van der Waals surface area contributed by atoms with Crippen molar-refractivity contribution in [2.75, 3.05) is 6.61 Å². The lowest BCUT2D eigenvalue weighted by Crippen LogP contribution is -2.49. The Labute approximate surface area is 124 Å². The van der Waals surface area contributed by atoms with Crippen LogP contribution in [0, 0.1) is 5.41 Å². The van der Waals surface area contributed by atoms with Crippen LogP contribution in [-0.2, 0) is 9.59 Å². The molecule has 0 aromatic heterocycles. The largest absolute Gasteiger partial charge is 0.394 e. The van der Waals surface area contributed by atoms with E-state index in [9.17, 15) is 14.7 Å². The molecule has 21 heavy (non-hydrogen) atoms. The zero-order valence-electron chi connectivity index (χ0n) is 12.1. The number of benzene rings is 1. The van der Waals surface area contributed by atoms with Crippen molar-refractivity contribution in [1.29, 1.82) is 0 Å². The van der Waals surface area contributed by atoms with E-state index in [2.05, 4.69) is 0 Å². The van der Waals surface area contributed by atoms with Crippen LogP contribution in [0.5, 0.6) is 0 Å². The predicted molar refractivity (Wildman–Crippen MR) is 78.3 cm³/mol. The molecule has 1 spiro atoms. The summed E-state index contributed by atoms with van der Waals surface area (Å²) in [7, 11) is 0. The summed E-state index contributed by atoms with van der Waals surface area (Å²) >= 11 is 0. The quantitative estimate of drug-likeness (QED) is 0.869. The lowest BCUT2D eigenvalue weighted by Gasteiger charge is -2.40. The molecule has 0 radical (unpaired) electrons. The summed E-state index contributed by atoms with van der Waals surface area (Å²) in [5.74, 6) is -0.257. The maximum absolute atomic E-state index is 12.5. The lowest BCUT2D eigenvalue weighted by molar-refractivity contribution is -0.157. The second-order valence-corrected chi connectivity index (χ2v) is 6.33. The maximum atomic E-state index is 12.5. The topological polar surface area (TPSA) is 57.6 Å². The number of likely N-dealkylation sites (tertiary alicyclic amines) is 1. The summed E-state index contributed by atoms with van der Waals surface area (Å²) in [5.41, 5.74) is 0.713. The van der Waals surface area contributed by atoms with Crippen molar-refractivity contribution in [3.8, 4) is 0 Å². The average Bonchev–Trinajstić information content (AvgIpc) is 2.91. The number of aliphatic hydroxyl groups is 1. The van der Waals surface area contributed by atoms with E-state index in [0.29, 0.717) is 12.8 Å². The molecule has 1 saturated carbocycles. The Kier molecular flexibility index (Phi) is 3.81. The van der Waals surface area contributed by atoms with Crippen LogP contribution < -0.4 is 0 Å². The molecule has 2 amide bonds. The van der Waals surface area contributed by atoms with Crippen LogP contribution in [0.1, 0.15) is 50.1 Å². The van der Waals surface area contributed by atoms with Crippen molar-refractivity contribution >= 4 is 11.8 Å². The molecule has 1 atom stereocenters. The summed E-state index contributed by atoms with van der Waals surface area (Å²) < 4.78 is 0. The number of hydrogen-bond acceptors (Lipinski definition) is 3. The predicted octanol–water partition coefficient (Wildman–Crippen LogP) is 2.43. The summed E-state index contributed by atoms with van der Waals surface area (Å²) in [4.78, 5) is 26.4. The van der Waals surface area contributed by atoms with Gasteiger partial charge in [0.1, 0.15) is 0 Å². The fourth-order valence-corrected chi connectivity index (χ4v) is 3.85. The fraction of sp³-hybridized carbons (Fsp3) is 0.529. The molecular formula is C17H21NO3. The molecule has 112 valence electrons. The minimum atomic E-state index is -0.551. The van der Waals surface area contributed by atoms with Crippen molar-refractivity contribution in [2.45, 2.75) is 44.6 Å². The normalized spacial score (nSPS) is 22.8. The number of carbonyl (C=O) groups is 2. The van der Waals surface area contributed by atoms with Gasteiger partial charge in [0.2, 0.25) is 11.8 Å². The standard InChI is InChI=1S/C17H21NO3/c19-12-14(13-6-2-1-3-7-13)18-15(20)10-17(11-16(18)21)8-4-5-9-17/h1-3,6-7,14,19H,4-5,8-12H2/t14-/m0/s1. The number of aliphatic hydroxyl groups excluding tert-OH is 1. The maximum Gasteiger partial charge on any atom is 0.230 e. The average molecular weight is 287 g/mol. The third kappa shape index (κ3) is 2.60. The Hall–Kier alpha value is -1.68. The van der Waals surface area contributed by atoms with E-state index in [0.717, 1.165) is 31.2 Å². The smallest absolute Gasteiger partial charge is 0.230 e. The first-order valence-electron chi connectivity index (χ1n) is 7.66. The summed E-state index contributed by atoms with van der Waals surface area (Å²) in [6.45, 7) is -0.228. The van der Waals surface area contributed by atoms with E-state index in [1.807, 2.05) is 30.3 Å². The molecule has 1 aliphatic heterocycles. The molecular weight excluding hydrogens is 266 g/mol. The molecule has 1 aromatic rings. The van der Waals surface area contributed by atoms with Gasteiger partial charge >= 0.3 is 0 Å². The molecule has 4 heteroatoms. The van der Waals surface area contributed by atoms with Gasteiger partial charge in [0, 0.05) is 12.8 Å². The van der Waals surface area contributed by atoms with E-state index in [-0.39, 0.29) is 23.8 Å². The first-order chi connectivity index (χ1) is 10.2. The Balaban J connectivity index is 1.85. The molecule has 2 fully saturated rings. The van der Waals surface area contributed by atoms with Crippen LogP contribution in [0.3, 0.4) is 0 Å². The summed E-state index contributed by atoms with van der Waals surface area (Å²) in [6, 6.07) is 8.74. The number of hydrogen-bond donors (Lipinski definition) is 1. The number of carbonyl (C=O) groups excluding carboxylic acids is 2. The van der Waals surface area contributed by atoms with E-state index in [1.165, 1.54) is 4.90 Å². The van der Waals surface area contributed by atoms with Crippen molar-refractivity contribution < 1.29 is 14.7 Å². The zero-order chi connectivity index (χ0) is 14.9. The molecule has 0 unspecified atom stereocenters. The summed E-state index contributed by atoms with van der Waals surface area (Å²) in [6.07, 6.45) is 5.08. The molecule has 2 aliphatic rings. The van der Waals surface area contributed by atoms with E-state index < -0.39 is 6.04 Å². The van der Waals surface area contributed by atoms with E-state index in [4.69, 9.17) is 0 Å². The van der Waals surface area contributed by atoms with Crippen molar-refractivity contribution in [1.82, 2.24) is 4.90 Å². The number of imide groups is 1. The van der Waals surface area contributed by atoms with Crippen LogP contribution in [-0.4, -0.2) is 28.4 Å². The van der Waals surface area contributed by atoms with Gasteiger partial charge in [0.25, 0.3) is 0 Å². The lowest BCUT2D eigenvalue weighted by atomic mass is 9.76. The minimum Gasteiger partial charge on any atom is -0.394 e. The third-order valence-corrected chi connectivity index (χ3v) is 4.92. The van der Waals surface area contributed by atoms with Gasteiger partial charge < -0.3 is 5.11 Å². The summed E-state index contributed by atoms with van der Waals surface area (Å²) in [5, 5.41) is 9.68. The highest BCUT2D eigenvalue weighted by Gasteiger charge is 2.46. The number of piperidine rings is 1. The number of nitrogens with zero attached hydrogens (tertiary/aromatic N) is 1. The highest BCUT2D eigenvalue weighted by Crippen LogP contribution is 2.48. The molecule has 1 saturated heterocycles. The SMILES string of the molecule is O=C1CC2(CCCC2)CC(=O)N1[C@@H](CO)c1ccccc1. The Bertz CT molecular complexity index is 514. The van der Waals surface area contributed by atoms with Gasteiger partial charge in [-0.25, -0.2) is 0 Å². The molecule has 1 aromatic carbocycles. The zero-order valence-corrected chi connectivity index (χ0v) is 12.1. The van der Waals surface area contributed by atoms with Crippen LogP contribution >= 0.6 is 0 Å². The third-order valence-electron chi connectivity index (χ3n) is 4.92. The van der Waals surface area contributed by atoms with Gasteiger partial charge in [-0.2, -0.15) is 0 Å². The Morgan fingerprint density at radius 3 is 2.14 bits per heavy atom. The highest BCUT2D eigenvalue weighted by molar-refractivity contribution is 5.99. The number of rotatable bonds is 3. The molecule has 1 heterocycles. The monoisotopic (exact) mass is 287 g/mol. The van der Waals surface area contributed by atoms with Crippen LogP contribution in [0.2, 0.25) is 0 Å². The van der Waals surface area contributed by atoms with E-state index >= 15 is 0 Å². The number of amides is 2. The first kappa shape index (κ1) is 14.3. The van der Waals surface area contributed by atoms with Crippen LogP contribution in [0.15, 0.2) is 30.3 Å². The minimum absolute atomic E-state index is 0.0959. The Morgan fingerprint density at radius 1 is 1.05 bits per heavy atom. The van der Waals surface area contributed by atoms with Crippen molar-refractivity contribution in [3.05, 3.63) is 35.9 Å². The van der Waals surface area contributed by atoms with Gasteiger partial charge in [-0.1, -0.05) is 43.2 Å². The second kappa shape index (κ2) is 5.60. The van der Waals surface area contributed by atoms with Gasteiger partial charge in [0.05, 0.1) is 12.6 Å². The van der Waals surface area contributed by atoms with Gasteiger partial charge in [-0.3, -0.25) is 14.5 Å². The van der Waals surface area contributed by atoms with Gasteiger partial charge in [0.15, 0.2) is 0 Å². The first-order valence-corrected chi connectivity index (χ1v) is 7.66. The molecule has 4 nitrogen and oxygen atoms in total. The van der Waals surface area contributed by atoms with Crippen molar-refractivity contribution in [2.24, 2.45) is 5.41 Å². The second-order valence-electron chi connectivity index (χ2n) is 6.33. The molecule has 0 bridgehead atoms. The molecule has 1 aliphatic carbocycles. The highest BCUT2D eigenvalue weighted by atomic mass is 16.3. The molecule has 3 rings (SSSR count). The fourth-order valence-electron chi connectivity index (χ4n) is 3.85. The van der Waals surface area contributed by atoms with Crippen LogP contribution in [0.4, 0.5) is 0 Å². The van der Waals surface area contributed by atoms with Crippen molar-refractivity contribution in [3.63, 3.8) is 0 Å². The Morgan fingerprint density at radius 2 is 1.62 bits per heavy atom. The molecule has 1 N–H and O–H groups in total. The van der Waals surface area contributed by atoms with Crippen LogP contribution in [0.25, 0.3) is 0 Å². The van der Waals surface area contributed by atoms with Gasteiger partial charge in [-0.15, -0.1) is 0 Å². The van der Waals surface area contributed by atoms with Gasteiger partial charge in [-0.05, 0) is 23.8 Å².